The van der Waals surface area contributed by atoms with Gasteiger partial charge in [0, 0.05) is 43.4 Å². The fourth-order valence-electron chi connectivity index (χ4n) is 2.32. The molecule has 0 radical (unpaired) electrons. The smallest absolute Gasteiger partial charge is 0.186 e. The minimum absolute atomic E-state index is 0.132. The first-order chi connectivity index (χ1) is 9.54. The average molecular weight is 300 g/mol. The van der Waals surface area contributed by atoms with Gasteiger partial charge >= 0.3 is 0 Å². The van der Waals surface area contributed by atoms with Gasteiger partial charge in [-0.15, -0.1) is 0 Å². The molecule has 0 amide bonds. The van der Waals surface area contributed by atoms with Crippen LogP contribution in [0, 0.1) is 11.6 Å². The molecule has 2 N–H and O–H groups in total. The van der Waals surface area contributed by atoms with E-state index in [2.05, 4.69) is 10.6 Å². The van der Waals surface area contributed by atoms with E-state index in [1.165, 1.54) is 17.8 Å². The van der Waals surface area contributed by atoms with E-state index >= 15 is 0 Å². The number of hydrogen-bond acceptors (Lipinski definition) is 4. The monoisotopic (exact) mass is 300 g/mol. The van der Waals surface area contributed by atoms with E-state index in [0.717, 1.165) is 25.1 Å². The first kappa shape index (κ1) is 15.4. The van der Waals surface area contributed by atoms with Gasteiger partial charge in [-0.2, -0.15) is 0 Å². The largest absolute Gasteiger partial charge is 0.312 e. The fraction of sp³-hybridized carbons (Fsp3) is 0.500. The van der Waals surface area contributed by atoms with Gasteiger partial charge < -0.3 is 10.6 Å². The van der Waals surface area contributed by atoms with E-state index in [-0.39, 0.29) is 11.2 Å². The molecule has 2 rings (SSSR count). The van der Waals surface area contributed by atoms with Gasteiger partial charge in [-0.05, 0) is 24.6 Å². The Morgan fingerprint density at radius 3 is 3.05 bits per heavy atom. The highest BCUT2D eigenvalue weighted by Crippen LogP contribution is 2.21. The van der Waals surface area contributed by atoms with Crippen molar-refractivity contribution in [2.45, 2.75) is 31.2 Å². The van der Waals surface area contributed by atoms with E-state index in [4.69, 9.17) is 0 Å². The summed E-state index contributed by atoms with van der Waals surface area (Å²) in [6, 6.07) is 3.72. The number of carbonyl (C=O) groups excluding carboxylic acids is 1. The zero-order valence-electron chi connectivity index (χ0n) is 11.3. The minimum atomic E-state index is -0.430. The Bertz CT molecular complexity index is 484. The molecule has 2 atom stereocenters. The molecular weight excluding hydrogens is 282 g/mol. The summed E-state index contributed by atoms with van der Waals surface area (Å²) in [6.07, 6.45) is 0.906. The van der Waals surface area contributed by atoms with Crippen molar-refractivity contribution in [1.29, 1.82) is 0 Å². The summed E-state index contributed by atoms with van der Waals surface area (Å²) in [7, 11) is 0. The molecule has 1 aliphatic rings. The van der Waals surface area contributed by atoms with Gasteiger partial charge in [-0.3, -0.25) is 4.79 Å². The quantitative estimate of drug-likeness (QED) is 0.873. The summed E-state index contributed by atoms with van der Waals surface area (Å²) >= 11 is 1.36. The Labute approximate surface area is 121 Å². The van der Waals surface area contributed by atoms with Crippen LogP contribution in [-0.2, 0) is 11.3 Å². The molecule has 6 heteroatoms. The molecule has 0 aliphatic carbocycles. The van der Waals surface area contributed by atoms with Gasteiger partial charge in [0.15, 0.2) is 5.12 Å². The lowest BCUT2D eigenvalue weighted by atomic mass is 10.2. The van der Waals surface area contributed by atoms with Crippen molar-refractivity contribution in [3.63, 3.8) is 0 Å². The highest BCUT2D eigenvalue weighted by atomic mass is 32.2. The van der Waals surface area contributed by atoms with Crippen molar-refractivity contribution in [2.75, 3.05) is 13.1 Å². The molecule has 0 spiro atoms. The lowest BCUT2D eigenvalue weighted by molar-refractivity contribution is -0.109. The van der Waals surface area contributed by atoms with Crippen molar-refractivity contribution in [1.82, 2.24) is 10.6 Å². The second kappa shape index (κ2) is 7.15. The third kappa shape index (κ3) is 4.54. The van der Waals surface area contributed by atoms with Crippen LogP contribution < -0.4 is 10.6 Å². The maximum Gasteiger partial charge on any atom is 0.186 e. The third-order valence-electron chi connectivity index (χ3n) is 3.23. The van der Waals surface area contributed by atoms with Gasteiger partial charge in [0.05, 0.1) is 0 Å². The van der Waals surface area contributed by atoms with E-state index in [9.17, 15) is 13.6 Å². The summed E-state index contributed by atoms with van der Waals surface area (Å²) in [6.45, 7) is 3.35. The average Bonchev–Trinajstić information content (AvgIpc) is 2.80. The molecule has 1 fully saturated rings. The number of nitrogens with one attached hydrogen (secondary N) is 2. The van der Waals surface area contributed by atoms with E-state index < -0.39 is 11.6 Å². The van der Waals surface area contributed by atoms with Crippen LogP contribution >= 0.6 is 11.8 Å². The number of thioether (sulfide) groups is 1. The number of carbonyl (C=O) groups is 1. The van der Waals surface area contributed by atoms with Crippen molar-refractivity contribution in [3.8, 4) is 0 Å². The summed E-state index contributed by atoms with van der Waals surface area (Å²) in [4.78, 5) is 11.0. The maximum atomic E-state index is 13.4. The van der Waals surface area contributed by atoms with E-state index in [1.807, 2.05) is 0 Å². The molecule has 20 heavy (non-hydrogen) atoms. The molecule has 1 aromatic carbocycles. The van der Waals surface area contributed by atoms with Crippen LogP contribution in [0.2, 0.25) is 0 Å². The number of benzene rings is 1. The Hall–Kier alpha value is -0.980. The number of hydrogen-bond donors (Lipinski definition) is 2. The molecule has 0 unspecified atom stereocenters. The third-order valence-corrected chi connectivity index (χ3v) is 4.25. The van der Waals surface area contributed by atoms with Crippen LogP contribution in [0.1, 0.15) is 18.9 Å². The first-order valence-electron chi connectivity index (χ1n) is 6.60. The molecule has 3 nitrogen and oxygen atoms in total. The van der Waals surface area contributed by atoms with Crippen LogP contribution in [0.4, 0.5) is 8.78 Å². The lowest BCUT2D eigenvalue weighted by Crippen LogP contribution is -2.33. The molecular formula is C14H18F2N2OS. The van der Waals surface area contributed by atoms with Gasteiger partial charge in [-0.1, -0.05) is 11.8 Å². The van der Waals surface area contributed by atoms with Gasteiger partial charge in [0.25, 0.3) is 0 Å². The van der Waals surface area contributed by atoms with Crippen LogP contribution in [0.5, 0.6) is 0 Å². The predicted molar refractivity (Wildman–Crippen MR) is 76.5 cm³/mol. The number of rotatable bonds is 5. The molecule has 0 saturated carbocycles. The van der Waals surface area contributed by atoms with E-state index in [1.54, 1.807) is 6.92 Å². The van der Waals surface area contributed by atoms with E-state index in [0.29, 0.717) is 23.9 Å². The Kier molecular flexibility index (Phi) is 5.51. The van der Waals surface area contributed by atoms with Crippen LogP contribution in [-0.4, -0.2) is 29.5 Å². The highest BCUT2D eigenvalue weighted by Gasteiger charge is 2.25. The zero-order chi connectivity index (χ0) is 14.5. The normalized spacial score (nSPS) is 22.1. The Balaban J connectivity index is 1.74. The second-order valence-electron chi connectivity index (χ2n) is 4.94. The summed E-state index contributed by atoms with van der Waals surface area (Å²) in [5, 5.41) is 6.89. The molecule has 1 aliphatic heterocycles. The summed E-state index contributed by atoms with van der Waals surface area (Å²) in [5.41, 5.74) is 0.331. The van der Waals surface area contributed by atoms with Crippen molar-refractivity contribution >= 4 is 16.9 Å². The van der Waals surface area contributed by atoms with Gasteiger partial charge in [0.2, 0.25) is 0 Å². The highest BCUT2D eigenvalue weighted by molar-refractivity contribution is 8.14. The zero-order valence-corrected chi connectivity index (χ0v) is 12.1. The predicted octanol–water partition coefficient (Wildman–Crippen LogP) is 2.06. The lowest BCUT2D eigenvalue weighted by Gasteiger charge is -2.12. The standard InChI is InChI=1S/C14H18F2N2OS/c1-9(19)20-13-5-12(18-8-13)7-17-6-10-4-11(15)2-3-14(10)16/h2-4,12-13,17-18H,5-8H2,1H3/t12-,13+/m0/s1. The molecule has 1 saturated heterocycles. The van der Waals surface area contributed by atoms with Crippen LogP contribution in [0.25, 0.3) is 0 Å². The van der Waals surface area contributed by atoms with Crippen LogP contribution in [0.3, 0.4) is 0 Å². The number of halogens is 2. The second-order valence-corrected chi connectivity index (χ2v) is 6.42. The van der Waals surface area contributed by atoms with Gasteiger partial charge in [0.1, 0.15) is 11.6 Å². The molecule has 1 heterocycles. The SMILES string of the molecule is CC(=O)S[C@H]1CN[C@H](CNCc2cc(F)ccc2F)C1. The van der Waals surface area contributed by atoms with Crippen molar-refractivity contribution in [2.24, 2.45) is 0 Å². The Morgan fingerprint density at radius 2 is 2.30 bits per heavy atom. The van der Waals surface area contributed by atoms with Crippen molar-refractivity contribution in [3.05, 3.63) is 35.4 Å². The molecule has 0 bridgehead atoms. The first-order valence-corrected chi connectivity index (χ1v) is 7.48. The maximum absolute atomic E-state index is 13.4. The molecule has 0 aromatic heterocycles. The Morgan fingerprint density at radius 1 is 1.50 bits per heavy atom. The van der Waals surface area contributed by atoms with Crippen molar-refractivity contribution < 1.29 is 13.6 Å². The molecule has 110 valence electrons. The minimum Gasteiger partial charge on any atom is -0.312 e. The molecule has 1 aromatic rings. The van der Waals surface area contributed by atoms with Crippen LogP contribution in [0.15, 0.2) is 18.2 Å². The topological polar surface area (TPSA) is 41.1 Å². The van der Waals surface area contributed by atoms with Gasteiger partial charge in [-0.25, -0.2) is 8.78 Å². The summed E-state index contributed by atoms with van der Waals surface area (Å²) < 4.78 is 26.4. The fourth-order valence-corrected chi connectivity index (χ4v) is 3.30. The summed E-state index contributed by atoms with van der Waals surface area (Å²) in [5.74, 6) is -0.830.